The van der Waals surface area contributed by atoms with Crippen LogP contribution in [0.3, 0.4) is 0 Å². The molecule has 4 aromatic heterocycles. The largest absolute Gasteiger partial charge is 0.444 e. The topological polar surface area (TPSA) is 107 Å². The third-order valence-electron chi connectivity index (χ3n) is 10.9. The monoisotopic (exact) mass is 803 g/mol. The van der Waals surface area contributed by atoms with Crippen LogP contribution in [0.4, 0.5) is 10.6 Å². The molecule has 0 N–H and O–H groups in total. The van der Waals surface area contributed by atoms with Gasteiger partial charge in [0.05, 0.1) is 17.6 Å². The summed E-state index contributed by atoms with van der Waals surface area (Å²) in [6, 6.07) is 8.82. The number of aryl methyl sites for hydroxylation is 2. The number of amides is 1. The molecule has 7 rings (SSSR count). The third-order valence-corrected chi connectivity index (χ3v) is 15.5. The van der Waals surface area contributed by atoms with Gasteiger partial charge in [-0.25, -0.2) is 14.8 Å². The maximum Gasteiger partial charge on any atom is 0.410 e. The van der Waals surface area contributed by atoms with Crippen molar-refractivity contribution >= 4 is 45.0 Å². The van der Waals surface area contributed by atoms with Crippen LogP contribution in [0, 0.1) is 0 Å². The van der Waals surface area contributed by atoms with Gasteiger partial charge in [0.1, 0.15) is 29.9 Å². The summed E-state index contributed by atoms with van der Waals surface area (Å²) in [5, 5.41) is 5.96. The Kier molecular flexibility index (Phi) is 11.6. The van der Waals surface area contributed by atoms with E-state index in [0.29, 0.717) is 26.7 Å². The number of pyridine rings is 1. The van der Waals surface area contributed by atoms with Crippen LogP contribution in [0.2, 0.25) is 51.4 Å². The van der Waals surface area contributed by atoms with Crippen molar-refractivity contribution in [1.29, 1.82) is 0 Å². The zero-order chi connectivity index (χ0) is 39.1. The lowest BCUT2D eigenvalue weighted by Gasteiger charge is -2.39. The molecule has 6 heterocycles. The van der Waals surface area contributed by atoms with E-state index < -0.39 is 21.7 Å². The van der Waals surface area contributed by atoms with Gasteiger partial charge in [-0.3, -0.25) is 4.98 Å². The van der Waals surface area contributed by atoms with Crippen molar-refractivity contribution < 1.29 is 19.0 Å². The quantitative estimate of drug-likeness (QED) is 0.0700. The predicted molar refractivity (Wildman–Crippen MR) is 227 cm³/mol. The summed E-state index contributed by atoms with van der Waals surface area (Å²) in [6.07, 6.45) is 10.7. The number of hydrogen-bond donors (Lipinski definition) is 0. The molecule has 0 spiro atoms. The van der Waals surface area contributed by atoms with Crippen molar-refractivity contribution in [1.82, 2.24) is 29.5 Å². The molecule has 2 saturated heterocycles. The maximum atomic E-state index is 13.4. The van der Waals surface area contributed by atoms with E-state index in [4.69, 9.17) is 34.3 Å². The van der Waals surface area contributed by atoms with Crippen molar-refractivity contribution in [3.63, 3.8) is 0 Å². The first-order valence-corrected chi connectivity index (χ1v) is 28.5. The molecule has 2 aliphatic heterocycles. The van der Waals surface area contributed by atoms with Gasteiger partial charge in [0.15, 0.2) is 5.65 Å². The number of piperidine rings is 1. The Morgan fingerprint density at radius 2 is 1.60 bits per heavy atom. The van der Waals surface area contributed by atoms with Gasteiger partial charge in [0.25, 0.3) is 0 Å². The molecule has 14 heteroatoms. The summed E-state index contributed by atoms with van der Waals surface area (Å²) >= 11 is 1.77. The van der Waals surface area contributed by atoms with Gasteiger partial charge in [0, 0.05) is 81.3 Å². The van der Waals surface area contributed by atoms with E-state index in [-0.39, 0.29) is 24.1 Å². The summed E-state index contributed by atoms with van der Waals surface area (Å²) < 4.78 is 20.6. The molecule has 1 amide bonds. The van der Waals surface area contributed by atoms with Crippen LogP contribution in [0.25, 0.3) is 27.5 Å². The number of hydrogen-bond acceptors (Lipinski definition) is 10. The highest BCUT2D eigenvalue weighted by Crippen LogP contribution is 2.44. The average molecular weight is 804 g/mol. The van der Waals surface area contributed by atoms with Gasteiger partial charge < -0.3 is 24.0 Å². The van der Waals surface area contributed by atoms with E-state index in [1.165, 1.54) is 17.0 Å². The first-order valence-electron chi connectivity index (χ1n) is 20.3. The molecular weight excluding hydrogens is 743 g/mol. The van der Waals surface area contributed by atoms with Crippen LogP contribution in [-0.2, 0) is 27.1 Å². The summed E-state index contributed by atoms with van der Waals surface area (Å²) in [7, 11) is -2.55. The Bertz CT molecular complexity index is 1910. The lowest BCUT2D eigenvalue weighted by Crippen LogP contribution is -2.48. The van der Waals surface area contributed by atoms with E-state index in [1.54, 1.807) is 11.3 Å². The Labute approximate surface area is 333 Å². The first-order chi connectivity index (χ1) is 26.0. The van der Waals surface area contributed by atoms with Gasteiger partial charge in [-0.15, -0.1) is 11.3 Å². The van der Waals surface area contributed by atoms with E-state index in [2.05, 4.69) is 62.4 Å². The SMILES string of the molecule is CC(C)(C)OC(=O)N1C2CCC1CC(c1cc(N(COCC[Si](C)(C)C)COCC[Si](C)(C)C)n3ncc(-c4ccc(-c5nc6c(s5)CCC6)nc4)c3n1)C2. The van der Waals surface area contributed by atoms with Gasteiger partial charge in [-0.05, 0) is 83.9 Å². The van der Waals surface area contributed by atoms with Crippen molar-refractivity contribution in [3.8, 4) is 21.8 Å². The first kappa shape index (κ1) is 40.0. The minimum absolute atomic E-state index is 0.124. The number of anilines is 1. The fraction of sp³-hybridized carbons (Fsp3) is 0.634. The van der Waals surface area contributed by atoms with Gasteiger partial charge >= 0.3 is 6.09 Å². The molecule has 0 saturated carbocycles. The number of aromatic nitrogens is 5. The fourth-order valence-corrected chi connectivity index (χ4v) is 10.5. The highest BCUT2D eigenvalue weighted by atomic mass is 32.1. The zero-order valence-electron chi connectivity index (χ0n) is 34.5. The highest BCUT2D eigenvalue weighted by Gasteiger charge is 2.45. The summed E-state index contributed by atoms with van der Waals surface area (Å²) in [6.45, 7) is 22.3. The minimum Gasteiger partial charge on any atom is -0.444 e. The molecule has 0 radical (unpaired) electrons. The van der Waals surface area contributed by atoms with Gasteiger partial charge in [0.2, 0.25) is 0 Å². The van der Waals surface area contributed by atoms with Crippen molar-refractivity contribution in [2.45, 2.75) is 141 Å². The number of ether oxygens (including phenoxy) is 3. The molecule has 2 bridgehead atoms. The Hall–Kier alpha value is -3.18. The standard InChI is InChI=1S/C41H61N7O4SSi2/c1-41(2,3)52-40(49)47-30-14-15-31(47)22-29(21-30)35-23-37(46(26-50-17-19-54(4,5)6)27-51-18-20-55(7,8)9)48-38(44-35)32(25-43-48)28-13-16-34(42-24-28)39-45-33-11-10-12-36(33)53-39/h13,16,23-25,29-31H,10-12,14-15,17-22,26-27H2,1-9H3. The van der Waals surface area contributed by atoms with Crippen LogP contribution in [-0.4, -0.2) is 96.1 Å². The molecule has 298 valence electrons. The number of carbonyl (C=O) groups is 1. The van der Waals surface area contributed by atoms with Crippen LogP contribution in [0.1, 0.15) is 75.1 Å². The predicted octanol–water partition coefficient (Wildman–Crippen LogP) is 9.48. The zero-order valence-corrected chi connectivity index (χ0v) is 37.3. The molecule has 2 atom stereocenters. The molecule has 2 unspecified atom stereocenters. The number of fused-ring (bicyclic) bond motifs is 4. The van der Waals surface area contributed by atoms with E-state index >= 15 is 0 Å². The summed E-state index contributed by atoms with van der Waals surface area (Å²) in [4.78, 5) is 34.2. The highest BCUT2D eigenvalue weighted by molar-refractivity contribution is 7.15. The smallest absolute Gasteiger partial charge is 0.410 e. The van der Waals surface area contributed by atoms with Crippen LogP contribution < -0.4 is 4.90 Å². The molecule has 55 heavy (non-hydrogen) atoms. The lowest BCUT2D eigenvalue weighted by molar-refractivity contribution is 0.00568. The minimum atomic E-state index is -1.28. The second kappa shape index (κ2) is 16.0. The normalized spacial score (nSPS) is 20.0. The molecule has 11 nitrogen and oxygen atoms in total. The lowest BCUT2D eigenvalue weighted by atomic mass is 9.88. The van der Waals surface area contributed by atoms with Crippen LogP contribution in [0.15, 0.2) is 30.6 Å². The number of carbonyl (C=O) groups excluding carboxylic acids is 1. The Balaban J connectivity index is 1.23. The molecule has 1 aliphatic carbocycles. The van der Waals surface area contributed by atoms with Crippen molar-refractivity contribution in [2.75, 3.05) is 31.6 Å². The van der Waals surface area contributed by atoms with Crippen LogP contribution >= 0.6 is 11.3 Å². The third kappa shape index (κ3) is 9.69. The van der Waals surface area contributed by atoms with E-state index in [9.17, 15) is 4.79 Å². The van der Waals surface area contributed by atoms with Crippen molar-refractivity contribution in [3.05, 3.63) is 46.9 Å². The molecule has 4 aromatic rings. The fourth-order valence-electron chi connectivity index (χ4n) is 7.89. The number of thiazole rings is 1. The number of rotatable bonds is 14. The van der Waals surface area contributed by atoms with E-state index in [0.717, 1.165) is 89.6 Å². The number of nitrogens with zero attached hydrogens (tertiary/aromatic N) is 7. The molecule has 3 aliphatic rings. The second-order valence-electron chi connectivity index (χ2n) is 19.2. The van der Waals surface area contributed by atoms with Crippen LogP contribution in [0.5, 0.6) is 0 Å². The van der Waals surface area contributed by atoms with Crippen molar-refractivity contribution in [2.24, 2.45) is 0 Å². The second-order valence-corrected chi connectivity index (χ2v) is 31.5. The molecular formula is C41H61N7O4SSi2. The van der Waals surface area contributed by atoms with E-state index in [1.807, 2.05) is 42.6 Å². The summed E-state index contributed by atoms with van der Waals surface area (Å²) in [5.41, 5.74) is 5.30. The Morgan fingerprint density at radius 1 is 0.927 bits per heavy atom. The maximum absolute atomic E-state index is 13.4. The molecule has 2 fully saturated rings. The Morgan fingerprint density at radius 3 is 2.18 bits per heavy atom. The van der Waals surface area contributed by atoms with Gasteiger partial charge in [-0.2, -0.15) is 9.61 Å². The average Bonchev–Trinajstić information content (AvgIpc) is 3.88. The summed E-state index contributed by atoms with van der Waals surface area (Å²) in [5.74, 6) is 1.08. The molecule has 0 aromatic carbocycles. The van der Waals surface area contributed by atoms with Gasteiger partial charge in [-0.1, -0.05) is 45.3 Å².